The van der Waals surface area contributed by atoms with Crippen LogP contribution < -0.4 is 5.32 Å². The average Bonchev–Trinajstić information content (AvgIpc) is 3.05. The largest absolute Gasteiger partial charge is 0.352 e. The lowest BCUT2D eigenvalue weighted by Gasteiger charge is -2.14. The maximum Gasteiger partial charge on any atom is 0.217 e. The number of aromatic amines is 1. The van der Waals surface area contributed by atoms with Gasteiger partial charge in [0.25, 0.3) is 0 Å². The van der Waals surface area contributed by atoms with Gasteiger partial charge in [0.1, 0.15) is 5.02 Å². The number of carbonyl (C=O) groups is 1. The smallest absolute Gasteiger partial charge is 0.217 e. The number of H-pyrrole nitrogens is 1. The predicted molar refractivity (Wildman–Crippen MR) is 98.7 cm³/mol. The Balaban J connectivity index is 2.07. The van der Waals surface area contributed by atoms with Crippen molar-refractivity contribution in [2.45, 2.75) is 46.6 Å². The highest BCUT2D eigenvalue weighted by Crippen LogP contribution is 2.32. The van der Waals surface area contributed by atoms with Crippen LogP contribution in [0.4, 0.5) is 0 Å². The molecule has 2 heterocycles. The molecule has 3 rings (SSSR count). The van der Waals surface area contributed by atoms with Gasteiger partial charge in [-0.05, 0) is 18.6 Å². The van der Waals surface area contributed by atoms with E-state index in [0.29, 0.717) is 23.0 Å². The molecule has 2 N–H and O–H groups in total. The van der Waals surface area contributed by atoms with Crippen LogP contribution in [-0.4, -0.2) is 25.7 Å². The number of rotatable bonds is 3. The van der Waals surface area contributed by atoms with Crippen LogP contribution in [0.3, 0.4) is 0 Å². The first-order chi connectivity index (χ1) is 11.7. The predicted octanol–water partition coefficient (Wildman–Crippen LogP) is 3.62. The summed E-state index contributed by atoms with van der Waals surface area (Å²) in [4.78, 5) is 14.5. The van der Waals surface area contributed by atoms with Crippen LogP contribution in [0, 0.1) is 6.92 Å². The lowest BCUT2D eigenvalue weighted by atomic mass is 9.92. The third kappa shape index (κ3) is 3.39. The van der Waals surface area contributed by atoms with Gasteiger partial charge in [0, 0.05) is 24.4 Å². The minimum absolute atomic E-state index is 0.0707. The highest BCUT2D eigenvalue weighted by molar-refractivity contribution is 6.34. The quantitative estimate of drug-likeness (QED) is 0.750. The average molecular weight is 360 g/mol. The van der Waals surface area contributed by atoms with Crippen molar-refractivity contribution in [1.82, 2.24) is 25.1 Å². The van der Waals surface area contributed by atoms with Gasteiger partial charge in [-0.1, -0.05) is 50.1 Å². The van der Waals surface area contributed by atoms with Gasteiger partial charge in [-0.15, -0.1) is 9.73 Å². The first kappa shape index (κ1) is 17.5. The van der Waals surface area contributed by atoms with E-state index in [1.54, 1.807) is 4.63 Å². The molecular formula is C18H22ClN5O. The van der Waals surface area contributed by atoms with Crippen LogP contribution in [0.25, 0.3) is 17.0 Å². The van der Waals surface area contributed by atoms with E-state index in [1.807, 2.05) is 25.1 Å². The number of amides is 1. The third-order valence-electron chi connectivity index (χ3n) is 4.00. The summed E-state index contributed by atoms with van der Waals surface area (Å²) < 4.78 is 1.54. The number of hydrogen-bond donors (Lipinski definition) is 2. The molecule has 0 aliphatic carbocycles. The number of nitrogens with one attached hydrogen (secondary N) is 2. The zero-order valence-electron chi connectivity index (χ0n) is 15.1. The number of fused-ring (bicyclic) bond motifs is 1. The molecule has 0 spiro atoms. The third-order valence-corrected chi connectivity index (χ3v) is 4.36. The van der Waals surface area contributed by atoms with Crippen LogP contribution in [-0.2, 0) is 16.8 Å². The normalized spacial score (nSPS) is 11.9. The maximum absolute atomic E-state index is 11.2. The van der Waals surface area contributed by atoms with E-state index >= 15 is 0 Å². The summed E-state index contributed by atoms with van der Waals surface area (Å²) in [5.41, 5.74) is 4.33. The molecule has 6 nitrogen and oxygen atoms in total. The molecular weight excluding hydrogens is 338 g/mol. The Morgan fingerprint density at radius 3 is 2.64 bits per heavy atom. The lowest BCUT2D eigenvalue weighted by Crippen LogP contribution is -2.19. The fourth-order valence-corrected chi connectivity index (χ4v) is 3.13. The molecule has 25 heavy (non-hydrogen) atoms. The van der Waals surface area contributed by atoms with Crippen molar-refractivity contribution < 1.29 is 4.79 Å². The monoisotopic (exact) mass is 359 g/mol. The number of carbonyl (C=O) groups excluding carboxylic acids is 1. The Morgan fingerprint density at radius 2 is 2.04 bits per heavy atom. The Labute approximate surface area is 151 Å². The first-order valence-electron chi connectivity index (χ1n) is 8.16. The second-order valence-electron chi connectivity index (χ2n) is 7.29. The van der Waals surface area contributed by atoms with E-state index < -0.39 is 0 Å². The van der Waals surface area contributed by atoms with Gasteiger partial charge in [0.15, 0.2) is 11.5 Å². The summed E-state index contributed by atoms with van der Waals surface area (Å²) >= 11 is 6.50. The molecule has 0 aliphatic heterocycles. The van der Waals surface area contributed by atoms with E-state index in [2.05, 4.69) is 41.3 Å². The molecule has 1 aromatic carbocycles. The summed E-state index contributed by atoms with van der Waals surface area (Å²) in [6, 6.07) is 6.04. The molecule has 0 bridgehead atoms. The Bertz CT molecular complexity index is 948. The molecule has 132 valence electrons. The topological polar surface area (TPSA) is 75.1 Å². The molecule has 0 radical (unpaired) electrons. The van der Waals surface area contributed by atoms with Gasteiger partial charge < -0.3 is 10.3 Å². The van der Waals surface area contributed by atoms with Crippen molar-refractivity contribution in [1.29, 1.82) is 0 Å². The standard InChI is InChI=1S/C18H22ClN5O/c1-10-6-7-12(9-20-11(2)25)13(8-10)16-21-17-14(19)15(18(3,4)5)22-24(17)23-16/h6-8H,9H2,1-5H3,(H,20,25)(H,21,23). The molecule has 2 aromatic heterocycles. The molecule has 1 amide bonds. The molecule has 0 aliphatic rings. The fraction of sp³-hybridized carbons (Fsp3) is 0.389. The SMILES string of the molecule is CC(=O)NCc1ccc(C)cc1-c1nn2nc(C(C)(C)C)c(Cl)c2[nH]1. The zero-order chi connectivity index (χ0) is 18.4. The van der Waals surface area contributed by atoms with E-state index in [0.717, 1.165) is 22.4 Å². The zero-order valence-corrected chi connectivity index (χ0v) is 15.8. The number of nitrogens with zero attached hydrogens (tertiary/aromatic N) is 3. The minimum atomic E-state index is -0.161. The second-order valence-corrected chi connectivity index (χ2v) is 7.67. The molecule has 0 atom stereocenters. The van der Waals surface area contributed by atoms with Gasteiger partial charge in [0.05, 0.1) is 5.69 Å². The fourth-order valence-electron chi connectivity index (χ4n) is 2.68. The summed E-state index contributed by atoms with van der Waals surface area (Å²) in [7, 11) is 0. The highest BCUT2D eigenvalue weighted by atomic mass is 35.5. The molecule has 0 saturated carbocycles. The number of aromatic nitrogens is 4. The van der Waals surface area contributed by atoms with Crippen molar-refractivity contribution in [3.05, 3.63) is 40.0 Å². The molecule has 0 unspecified atom stereocenters. The van der Waals surface area contributed by atoms with E-state index in [4.69, 9.17) is 11.6 Å². The minimum Gasteiger partial charge on any atom is -0.352 e. The summed E-state index contributed by atoms with van der Waals surface area (Å²) in [5.74, 6) is 0.604. The second kappa shape index (κ2) is 6.19. The van der Waals surface area contributed by atoms with Crippen molar-refractivity contribution in [3.63, 3.8) is 0 Å². The van der Waals surface area contributed by atoms with Crippen molar-refractivity contribution in [2.75, 3.05) is 0 Å². The maximum atomic E-state index is 11.2. The molecule has 3 aromatic rings. The summed E-state index contributed by atoms with van der Waals surface area (Å²) in [6.45, 7) is 10.1. The number of halogens is 1. The Kier molecular flexibility index (Phi) is 4.33. The van der Waals surface area contributed by atoms with Gasteiger partial charge in [-0.3, -0.25) is 4.79 Å². The van der Waals surface area contributed by atoms with Crippen LogP contribution in [0.2, 0.25) is 5.02 Å². The van der Waals surface area contributed by atoms with Gasteiger partial charge >= 0.3 is 0 Å². The van der Waals surface area contributed by atoms with Crippen LogP contribution >= 0.6 is 11.6 Å². The lowest BCUT2D eigenvalue weighted by molar-refractivity contribution is -0.119. The van der Waals surface area contributed by atoms with E-state index in [-0.39, 0.29) is 11.3 Å². The number of hydrogen-bond acceptors (Lipinski definition) is 3. The molecule has 0 fully saturated rings. The summed E-state index contributed by atoms with van der Waals surface area (Å²) in [6.07, 6.45) is 0. The first-order valence-corrected chi connectivity index (χ1v) is 8.54. The van der Waals surface area contributed by atoms with Crippen molar-refractivity contribution in [3.8, 4) is 11.4 Å². The van der Waals surface area contributed by atoms with E-state index in [1.165, 1.54) is 6.92 Å². The van der Waals surface area contributed by atoms with E-state index in [9.17, 15) is 4.79 Å². The Hall–Kier alpha value is -2.34. The molecule has 0 saturated heterocycles. The molecule has 7 heteroatoms. The van der Waals surface area contributed by atoms with Crippen molar-refractivity contribution in [2.24, 2.45) is 0 Å². The Morgan fingerprint density at radius 1 is 1.32 bits per heavy atom. The van der Waals surface area contributed by atoms with Gasteiger partial charge in [-0.25, -0.2) is 0 Å². The van der Waals surface area contributed by atoms with Crippen LogP contribution in [0.5, 0.6) is 0 Å². The highest BCUT2D eigenvalue weighted by Gasteiger charge is 2.25. The number of aryl methyl sites for hydroxylation is 1. The van der Waals surface area contributed by atoms with Crippen molar-refractivity contribution >= 4 is 23.2 Å². The van der Waals surface area contributed by atoms with Gasteiger partial charge in [-0.2, -0.15) is 5.10 Å². The van der Waals surface area contributed by atoms with Gasteiger partial charge in [0.2, 0.25) is 5.91 Å². The van der Waals surface area contributed by atoms with Crippen LogP contribution in [0.1, 0.15) is 44.5 Å². The van der Waals surface area contributed by atoms with Crippen LogP contribution in [0.15, 0.2) is 18.2 Å². The number of benzene rings is 1. The summed E-state index contributed by atoms with van der Waals surface area (Å²) in [5, 5.41) is 12.5.